The highest BCUT2D eigenvalue weighted by Crippen LogP contribution is 2.42. The molecular formula is C25H25ClN2O6. The summed E-state index contributed by atoms with van der Waals surface area (Å²) in [4.78, 5) is 13.0. The lowest BCUT2D eigenvalue weighted by atomic mass is 9.88. The maximum Gasteiger partial charge on any atom is 0.340 e. The van der Waals surface area contributed by atoms with Crippen LogP contribution in [-0.2, 0) is 4.74 Å². The average Bonchev–Trinajstić information content (AvgIpc) is 2.84. The van der Waals surface area contributed by atoms with E-state index in [1.54, 1.807) is 30.3 Å². The summed E-state index contributed by atoms with van der Waals surface area (Å²) in [5.74, 6) is -0.00152. The number of ether oxygens (including phenoxy) is 3. The average molecular weight is 485 g/mol. The number of esters is 1. The summed E-state index contributed by atoms with van der Waals surface area (Å²) >= 11 is 6.20. The summed E-state index contributed by atoms with van der Waals surface area (Å²) in [6.45, 7) is 3.87. The van der Waals surface area contributed by atoms with Crippen LogP contribution in [0, 0.1) is 0 Å². The van der Waals surface area contributed by atoms with Crippen LogP contribution in [0.3, 0.4) is 0 Å². The molecule has 1 atom stereocenters. The van der Waals surface area contributed by atoms with Gasteiger partial charge in [-0.05, 0) is 44.2 Å². The van der Waals surface area contributed by atoms with Crippen LogP contribution in [0.25, 0.3) is 0 Å². The number of carbonyl (C=O) groups excluding carboxylic acids is 1. The number of rotatable bonds is 7. The zero-order valence-corrected chi connectivity index (χ0v) is 20.0. The third kappa shape index (κ3) is 4.92. The largest absolute Gasteiger partial charge is 0.496 e. The van der Waals surface area contributed by atoms with Gasteiger partial charge in [0, 0.05) is 12.0 Å². The van der Waals surface area contributed by atoms with E-state index >= 15 is 0 Å². The van der Waals surface area contributed by atoms with Crippen molar-refractivity contribution in [3.05, 3.63) is 81.4 Å². The number of allylic oxidation sites excluding steroid dienone is 3. The number of methoxy groups -OCH3 is 2. The topological polar surface area (TPSA) is 110 Å². The maximum absolute atomic E-state index is 13.0. The molecule has 0 aromatic heterocycles. The molecule has 0 radical (unpaired) electrons. The van der Waals surface area contributed by atoms with Gasteiger partial charge in [0.1, 0.15) is 29.0 Å². The summed E-state index contributed by atoms with van der Waals surface area (Å²) in [7, 11) is 2.90. The molecule has 0 fully saturated rings. The first kappa shape index (κ1) is 24.9. The number of hydrogen-bond acceptors (Lipinski definition) is 8. The minimum Gasteiger partial charge on any atom is -0.496 e. The van der Waals surface area contributed by atoms with Crippen LogP contribution in [0.1, 0.15) is 53.4 Å². The highest BCUT2D eigenvalue weighted by atomic mass is 35.5. The summed E-state index contributed by atoms with van der Waals surface area (Å²) in [5, 5.41) is 26.1. The van der Waals surface area contributed by atoms with Gasteiger partial charge in [-0.15, -0.1) is 0 Å². The highest BCUT2D eigenvalue weighted by Gasteiger charge is 2.32. The van der Waals surface area contributed by atoms with Crippen LogP contribution in [-0.4, -0.2) is 42.0 Å². The summed E-state index contributed by atoms with van der Waals surface area (Å²) in [6.07, 6.45) is 4.42. The van der Waals surface area contributed by atoms with E-state index < -0.39 is 12.1 Å². The van der Waals surface area contributed by atoms with Gasteiger partial charge in [0.15, 0.2) is 0 Å². The van der Waals surface area contributed by atoms with Gasteiger partial charge in [-0.2, -0.15) is 0 Å². The van der Waals surface area contributed by atoms with Gasteiger partial charge in [0.2, 0.25) is 0 Å². The molecule has 0 spiro atoms. The van der Waals surface area contributed by atoms with Crippen molar-refractivity contribution in [1.29, 1.82) is 0 Å². The molecule has 2 N–H and O–H groups in total. The van der Waals surface area contributed by atoms with Gasteiger partial charge >= 0.3 is 5.97 Å². The number of fused-ring (bicyclic) bond motifs is 1. The highest BCUT2D eigenvalue weighted by molar-refractivity contribution is 6.33. The third-order valence-electron chi connectivity index (χ3n) is 5.25. The Kier molecular flexibility index (Phi) is 7.96. The summed E-state index contributed by atoms with van der Waals surface area (Å²) in [6, 6.07) is 8.26. The Hall–Kier alpha value is -3.78. The molecule has 0 saturated heterocycles. The monoisotopic (exact) mass is 484 g/mol. The molecule has 1 unspecified atom stereocenters. The predicted octanol–water partition coefficient (Wildman–Crippen LogP) is 5.54. The molecule has 0 heterocycles. The number of oxime groups is 2. The molecule has 1 aliphatic carbocycles. The molecule has 0 bridgehead atoms. The van der Waals surface area contributed by atoms with E-state index in [1.165, 1.54) is 26.4 Å². The van der Waals surface area contributed by atoms with E-state index in [9.17, 15) is 15.2 Å². The van der Waals surface area contributed by atoms with Crippen LogP contribution < -0.4 is 9.47 Å². The fourth-order valence-corrected chi connectivity index (χ4v) is 3.88. The molecule has 0 amide bonds. The lowest BCUT2D eigenvalue weighted by Crippen LogP contribution is -2.20. The molecular weight excluding hydrogens is 460 g/mol. The Morgan fingerprint density at radius 1 is 1.06 bits per heavy atom. The molecule has 178 valence electrons. The minimum atomic E-state index is -0.798. The van der Waals surface area contributed by atoms with Gasteiger partial charge in [-0.25, -0.2) is 4.79 Å². The fraction of sp³-hybridized carbons (Fsp3) is 0.240. The third-order valence-corrected chi connectivity index (χ3v) is 5.58. The van der Waals surface area contributed by atoms with Crippen molar-refractivity contribution >= 4 is 29.0 Å². The molecule has 9 heteroatoms. The van der Waals surface area contributed by atoms with Gasteiger partial charge in [0.05, 0.1) is 35.9 Å². The Morgan fingerprint density at radius 3 is 2.26 bits per heavy atom. The number of halogens is 1. The first-order valence-corrected chi connectivity index (χ1v) is 10.7. The van der Waals surface area contributed by atoms with Crippen molar-refractivity contribution in [2.75, 3.05) is 14.2 Å². The zero-order chi connectivity index (χ0) is 24.8. The van der Waals surface area contributed by atoms with Crippen molar-refractivity contribution in [1.82, 2.24) is 0 Å². The lowest BCUT2D eigenvalue weighted by molar-refractivity contribution is 0.0297. The molecule has 0 saturated carbocycles. The van der Waals surface area contributed by atoms with Crippen molar-refractivity contribution in [3.8, 4) is 11.5 Å². The smallest absolute Gasteiger partial charge is 0.340 e. The molecule has 2 aromatic rings. The number of hydrogen-bond donors (Lipinski definition) is 2. The second-order valence-corrected chi connectivity index (χ2v) is 8.05. The summed E-state index contributed by atoms with van der Waals surface area (Å²) < 4.78 is 17.2. The van der Waals surface area contributed by atoms with Crippen LogP contribution in [0.15, 0.2) is 64.4 Å². The first-order valence-electron chi connectivity index (χ1n) is 10.4. The molecule has 2 aromatic carbocycles. The van der Waals surface area contributed by atoms with Crippen molar-refractivity contribution < 1.29 is 29.4 Å². The van der Waals surface area contributed by atoms with E-state index in [-0.39, 0.29) is 27.8 Å². The van der Waals surface area contributed by atoms with Crippen molar-refractivity contribution in [3.63, 3.8) is 0 Å². The van der Waals surface area contributed by atoms with Gasteiger partial charge in [-0.1, -0.05) is 45.7 Å². The van der Waals surface area contributed by atoms with E-state index in [0.717, 1.165) is 5.57 Å². The standard InChI is InChI=1S/C25H25ClN2O6/c1-14(2)9-12-20(34-25(29)15-7-5-6-8-17(15)26)16-13-21(32-3)22-18(27-30)10-11-19(28-31)23(22)24(16)33-4/h5-11,13,20,30-31H,12H2,1-4H3. The molecule has 34 heavy (non-hydrogen) atoms. The molecule has 0 aliphatic heterocycles. The van der Waals surface area contributed by atoms with E-state index in [2.05, 4.69) is 10.3 Å². The van der Waals surface area contributed by atoms with Gasteiger partial charge in [-0.3, -0.25) is 0 Å². The SMILES string of the molecule is COc1cc(C(CC=C(C)C)OC(=O)c2ccccc2Cl)c(OC)c2c1C(=NO)C=CC2=NO. The Balaban J connectivity index is 2.22. The first-order chi connectivity index (χ1) is 16.4. The molecule has 1 aliphatic rings. The normalized spacial score (nSPS) is 15.6. The van der Waals surface area contributed by atoms with Gasteiger partial charge in [0.25, 0.3) is 0 Å². The predicted molar refractivity (Wildman–Crippen MR) is 129 cm³/mol. The second-order valence-electron chi connectivity index (χ2n) is 7.65. The fourth-order valence-electron chi connectivity index (χ4n) is 3.67. The van der Waals surface area contributed by atoms with E-state index in [1.807, 2.05) is 19.9 Å². The molecule has 3 rings (SSSR count). The zero-order valence-electron chi connectivity index (χ0n) is 19.2. The van der Waals surface area contributed by atoms with Crippen molar-refractivity contribution in [2.45, 2.75) is 26.4 Å². The molecule has 8 nitrogen and oxygen atoms in total. The maximum atomic E-state index is 13.0. The van der Waals surface area contributed by atoms with Crippen LogP contribution in [0.4, 0.5) is 0 Å². The Labute approximate surface area is 202 Å². The lowest BCUT2D eigenvalue weighted by Gasteiger charge is -2.26. The van der Waals surface area contributed by atoms with Crippen LogP contribution in [0.5, 0.6) is 11.5 Å². The number of benzene rings is 2. The minimum absolute atomic E-state index is 0.165. The Bertz CT molecular complexity index is 1210. The summed E-state index contributed by atoms with van der Waals surface area (Å²) in [5.41, 5.74) is 2.80. The van der Waals surface area contributed by atoms with Crippen molar-refractivity contribution in [2.24, 2.45) is 10.3 Å². The Morgan fingerprint density at radius 2 is 1.71 bits per heavy atom. The quantitative estimate of drug-likeness (QED) is 0.231. The number of carbonyl (C=O) groups is 1. The van der Waals surface area contributed by atoms with Crippen LogP contribution >= 0.6 is 11.6 Å². The van der Waals surface area contributed by atoms with Gasteiger partial charge < -0.3 is 24.6 Å². The van der Waals surface area contributed by atoms with E-state index in [0.29, 0.717) is 28.9 Å². The second kappa shape index (κ2) is 10.9. The van der Waals surface area contributed by atoms with Crippen LogP contribution in [0.2, 0.25) is 5.02 Å². The van der Waals surface area contributed by atoms with E-state index in [4.69, 9.17) is 25.8 Å². The number of nitrogens with zero attached hydrogens (tertiary/aromatic N) is 2.